The van der Waals surface area contributed by atoms with Gasteiger partial charge in [-0.15, -0.1) is 0 Å². The van der Waals surface area contributed by atoms with Gasteiger partial charge < -0.3 is 15.2 Å². The smallest absolute Gasteiger partial charge is 0.221 e. The van der Waals surface area contributed by atoms with E-state index in [1.165, 1.54) is 17.0 Å². The molecule has 1 amide bonds. The zero-order chi connectivity index (χ0) is 15.1. The molecule has 0 spiro atoms. The fourth-order valence-electron chi connectivity index (χ4n) is 2.37. The summed E-state index contributed by atoms with van der Waals surface area (Å²) in [4.78, 5) is 11.6. The van der Waals surface area contributed by atoms with E-state index in [-0.39, 0.29) is 5.91 Å². The van der Waals surface area contributed by atoms with Crippen LogP contribution in [0.5, 0.6) is 0 Å². The van der Waals surface area contributed by atoms with Crippen molar-refractivity contribution in [3.63, 3.8) is 0 Å². The van der Waals surface area contributed by atoms with Gasteiger partial charge in [-0.2, -0.15) is 0 Å². The maximum absolute atomic E-state index is 11.6. The molecule has 0 unspecified atom stereocenters. The minimum atomic E-state index is 0.130. The monoisotopic (exact) mass is 279 g/mol. The van der Waals surface area contributed by atoms with Gasteiger partial charge in [0.2, 0.25) is 5.91 Å². The Labute approximate surface area is 122 Å². The van der Waals surface area contributed by atoms with Gasteiger partial charge in [-0.25, -0.2) is 0 Å². The molecule has 0 aliphatic carbocycles. The second-order valence-corrected chi connectivity index (χ2v) is 5.77. The second kappa shape index (κ2) is 8.10. The van der Waals surface area contributed by atoms with Gasteiger partial charge in [0.1, 0.15) is 0 Å². The van der Waals surface area contributed by atoms with E-state index in [1.54, 1.807) is 0 Å². The molecule has 0 saturated heterocycles. The predicted octanol–water partition coefficient (Wildman–Crippen LogP) is 2.38. The van der Waals surface area contributed by atoms with Gasteiger partial charge in [0.25, 0.3) is 0 Å². The zero-order valence-corrected chi connectivity index (χ0v) is 13.5. The van der Waals surface area contributed by atoms with Crippen molar-refractivity contribution in [3.05, 3.63) is 23.0 Å². The van der Waals surface area contributed by atoms with Gasteiger partial charge in [-0.1, -0.05) is 13.8 Å². The molecule has 1 aromatic rings. The van der Waals surface area contributed by atoms with Crippen LogP contribution in [0.2, 0.25) is 0 Å². The van der Waals surface area contributed by atoms with Crippen LogP contribution in [0.15, 0.2) is 6.07 Å². The molecule has 4 nitrogen and oxygen atoms in total. The molecular formula is C16H29N3O. The Balaban J connectivity index is 2.29. The highest BCUT2D eigenvalue weighted by Gasteiger charge is 2.07. The van der Waals surface area contributed by atoms with Crippen molar-refractivity contribution < 1.29 is 4.79 Å². The molecule has 1 heterocycles. The maximum atomic E-state index is 11.6. The van der Waals surface area contributed by atoms with Gasteiger partial charge in [0.15, 0.2) is 0 Å². The maximum Gasteiger partial charge on any atom is 0.221 e. The number of nitrogens with zero attached hydrogens (tertiary/aromatic N) is 1. The highest BCUT2D eigenvalue weighted by Crippen LogP contribution is 2.14. The third kappa shape index (κ3) is 5.00. The summed E-state index contributed by atoms with van der Waals surface area (Å²) in [7, 11) is 0. The fraction of sp³-hybridized carbons (Fsp3) is 0.688. The standard InChI is InChI=1S/C16H29N3O/c1-6-19-13(4)9-15(14(19)5)11-17-8-7-16(20)18-10-12(2)3/h9,12,17H,6-8,10-11H2,1-5H3,(H,18,20). The van der Waals surface area contributed by atoms with Crippen LogP contribution in [0.1, 0.15) is 44.1 Å². The Morgan fingerprint density at radius 1 is 1.35 bits per heavy atom. The van der Waals surface area contributed by atoms with Crippen molar-refractivity contribution in [2.24, 2.45) is 5.92 Å². The predicted molar refractivity (Wildman–Crippen MR) is 83.8 cm³/mol. The van der Waals surface area contributed by atoms with E-state index in [0.717, 1.165) is 26.2 Å². The molecule has 0 aliphatic rings. The van der Waals surface area contributed by atoms with E-state index in [0.29, 0.717) is 12.3 Å². The molecular weight excluding hydrogens is 250 g/mol. The largest absolute Gasteiger partial charge is 0.356 e. The molecule has 114 valence electrons. The first-order valence-corrected chi connectivity index (χ1v) is 7.58. The van der Waals surface area contributed by atoms with E-state index >= 15 is 0 Å². The fourth-order valence-corrected chi connectivity index (χ4v) is 2.37. The van der Waals surface area contributed by atoms with Gasteiger partial charge in [0, 0.05) is 44.0 Å². The number of carbonyl (C=O) groups excluding carboxylic acids is 1. The Morgan fingerprint density at radius 3 is 2.60 bits per heavy atom. The highest BCUT2D eigenvalue weighted by atomic mass is 16.1. The molecule has 0 saturated carbocycles. The number of aromatic nitrogens is 1. The summed E-state index contributed by atoms with van der Waals surface area (Å²) in [6.45, 7) is 14.0. The first-order chi connectivity index (χ1) is 9.45. The van der Waals surface area contributed by atoms with Crippen LogP contribution in [0, 0.1) is 19.8 Å². The summed E-state index contributed by atoms with van der Waals surface area (Å²) in [6, 6.07) is 2.23. The zero-order valence-electron chi connectivity index (χ0n) is 13.5. The lowest BCUT2D eigenvalue weighted by molar-refractivity contribution is -0.121. The summed E-state index contributed by atoms with van der Waals surface area (Å²) in [5, 5.41) is 6.28. The molecule has 2 N–H and O–H groups in total. The number of rotatable bonds is 8. The Kier molecular flexibility index (Phi) is 6.79. The molecule has 0 fully saturated rings. The third-order valence-electron chi connectivity index (χ3n) is 3.55. The molecule has 0 bridgehead atoms. The lowest BCUT2D eigenvalue weighted by Crippen LogP contribution is -2.30. The second-order valence-electron chi connectivity index (χ2n) is 5.77. The number of nitrogens with one attached hydrogen (secondary N) is 2. The van der Waals surface area contributed by atoms with Crippen LogP contribution >= 0.6 is 0 Å². The summed E-state index contributed by atoms with van der Waals surface area (Å²) in [5.41, 5.74) is 3.95. The average molecular weight is 279 g/mol. The first-order valence-electron chi connectivity index (χ1n) is 7.58. The molecule has 0 atom stereocenters. The van der Waals surface area contributed by atoms with E-state index in [1.807, 2.05) is 0 Å². The van der Waals surface area contributed by atoms with Crippen LogP contribution in [-0.2, 0) is 17.9 Å². The number of aryl methyl sites for hydroxylation is 1. The summed E-state index contributed by atoms with van der Waals surface area (Å²) in [5.74, 6) is 0.636. The topological polar surface area (TPSA) is 46.1 Å². The van der Waals surface area contributed by atoms with Gasteiger partial charge in [-0.05, 0) is 38.3 Å². The van der Waals surface area contributed by atoms with Crippen LogP contribution in [-0.4, -0.2) is 23.6 Å². The summed E-state index contributed by atoms with van der Waals surface area (Å²) in [6.07, 6.45) is 0.541. The minimum Gasteiger partial charge on any atom is -0.356 e. The van der Waals surface area contributed by atoms with E-state index in [9.17, 15) is 4.79 Å². The molecule has 1 rings (SSSR count). The molecule has 1 aromatic heterocycles. The number of hydrogen-bond acceptors (Lipinski definition) is 2. The van der Waals surface area contributed by atoms with Crippen LogP contribution in [0.4, 0.5) is 0 Å². The van der Waals surface area contributed by atoms with Crippen molar-refractivity contribution in [1.82, 2.24) is 15.2 Å². The van der Waals surface area contributed by atoms with E-state index < -0.39 is 0 Å². The van der Waals surface area contributed by atoms with E-state index in [2.05, 4.69) is 55.9 Å². The quantitative estimate of drug-likeness (QED) is 0.718. The summed E-state index contributed by atoms with van der Waals surface area (Å²) < 4.78 is 2.31. The average Bonchev–Trinajstić information content (AvgIpc) is 2.66. The highest BCUT2D eigenvalue weighted by molar-refractivity contribution is 5.76. The van der Waals surface area contributed by atoms with Gasteiger partial charge >= 0.3 is 0 Å². The van der Waals surface area contributed by atoms with Crippen molar-refractivity contribution >= 4 is 5.91 Å². The van der Waals surface area contributed by atoms with Crippen LogP contribution in [0.3, 0.4) is 0 Å². The third-order valence-corrected chi connectivity index (χ3v) is 3.55. The van der Waals surface area contributed by atoms with Gasteiger partial charge in [0.05, 0.1) is 0 Å². The lowest BCUT2D eigenvalue weighted by Gasteiger charge is -2.09. The molecule has 4 heteroatoms. The first kappa shape index (κ1) is 16.8. The minimum absolute atomic E-state index is 0.130. The van der Waals surface area contributed by atoms with Crippen LogP contribution in [0.25, 0.3) is 0 Å². The van der Waals surface area contributed by atoms with Crippen LogP contribution < -0.4 is 10.6 Å². The van der Waals surface area contributed by atoms with Gasteiger partial charge in [-0.3, -0.25) is 4.79 Å². The normalized spacial score (nSPS) is 11.1. The lowest BCUT2D eigenvalue weighted by atomic mass is 10.2. The SMILES string of the molecule is CCn1c(C)cc(CNCCC(=O)NCC(C)C)c1C. The van der Waals surface area contributed by atoms with Crippen molar-refractivity contribution in [2.45, 2.75) is 54.1 Å². The van der Waals surface area contributed by atoms with Crippen molar-refractivity contribution in [3.8, 4) is 0 Å². The summed E-state index contributed by atoms with van der Waals surface area (Å²) >= 11 is 0. The molecule has 0 aromatic carbocycles. The Hall–Kier alpha value is -1.29. The Morgan fingerprint density at radius 2 is 2.05 bits per heavy atom. The number of amides is 1. The molecule has 0 radical (unpaired) electrons. The van der Waals surface area contributed by atoms with Crippen molar-refractivity contribution in [2.75, 3.05) is 13.1 Å². The number of hydrogen-bond donors (Lipinski definition) is 2. The molecule has 0 aliphatic heterocycles. The number of carbonyl (C=O) groups is 1. The van der Waals surface area contributed by atoms with E-state index in [4.69, 9.17) is 0 Å². The Bertz CT molecular complexity index is 435. The molecule has 20 heavy (non-hydrogen) atoms. The van der Waals surface area contributed by atoms with Crippen molar-refractivity contribution in [1.29, 1.82) is 0 Å².